The topological polar surface area (TPSA) is 97.8 Å². The van der Waals surface area contributed by atoms with Crippen molar-refractivity contribution >= 4 is 22.6 Å². The maximum atomic E-state index is 15.1. The van der Waals surface area contributed by atoms with Gasteiger partial charge in [0, 0.05) is 30.6 Å². The fraction of sp³-hybridized carbons (Fsp3) is 0.524. The molecule has 0 amide bonds. The van der Waals surface area contributed by atoms with Gasteiger partial charge in [0.2, 0.25) is 11.3 Å². The Morgan fingerprint density at radius 2 is 2.00 bits per heavy atom. The van der Waals surface area contributed by atoms with Gasteiger partial charge in [0.1, 0.15) is 5.82 Å². The van der Waals surface area contributed by atoms with E-state index in [0.29, 0.717) is 24.3 Å². The van der Waals surface area contributed by atoms with Gasteiger partial charge in [0.05, 0.1) is 18.3 Å². The number of fused-ring (bicyclic) bond motifs is 1. The van der Waals surface area contributed by atoms with Crippen LogP contribution in [-0.4, -0.2) is 41.9 Å². The summed E-state index contributed by atoms with van der Waals surface area (Å²) in [6.45, 7) is 5.33. The normalized spacial score (nSPS) is 21.4. The lowest BCUT2D eigenvalue weighted by Crippen LogP contribution is -2.52. The molecule has 156 valence electrons. The predicted molar refractivity (Wildman–Crippen MR) is 109 cm³/mol. The Morgan fingerprint density at radius 1 is 1.31 bits per heavy atom. The first-order chi connectivity index (χ1) is 13.7. The molecule has 0 radical (unpaired) electrons. The Bertz CT molecular complexity index is 1060. The molecule has 1 aliphatic heterocycles. The molecule has 1 aromatic heterocycles. The molecule has 1 saturated heterocycles. The van der Waals surface area contributed by atoms with Gasteiger partial charge in [-0.2, -0.15) is 0 Å². The highest BCUT2D eigenvalue weighted by Gasteiger charge is 2.36. The molecule has 8 heteroatoms. The molecule has 2 aromatic rings. The number of aromatic carboxylic acids is 1. The van der Waals surface area contributed by atoms with Crippen molar-refractivity contribution in [3.63, 3.8) is 0 Å². The zero-order chi connectivity index (χ0) is 21.1. The Morgan fingerprint density at radius 3 is 2.55 bits per heavy atom. The second kappa shape index (κ2) is 6.73. The zero-order valence-electron chi connectivity index (χ0n) is 16.9. The van der Waals surface area contributed by atoms with Gasteiger partial charge >= 0.3 is 5.97 Å². The fourth-order valence-corrected chi connectivity index (χ4v) is 4.30. The molecule has 1 aliphatic carbocycles. The summed E-state index contributed by atoms with van der Waals surface area (Å²) < 4.78 is 22.2. The number of halogens is 1. The lowest BCUT2D eigenvalue weighted by Gasteiger charge is -2.43. The number of anilines is 1. The third-order valence-corrected chi connectivity index (χ3v) is 6.20. The molecule has 1 unspecified atom stereocenters. The third-order valence-electron chi connectivity index (χ3n) is 6.20. The van der Waals surface area contributed by atoms with E-state index in [4.69, 9.17) is 10.5 Å². The second-order valence-electron chi connectivity index (χ2n) is 8.75. The van der Waals surface area contributed by atoms with Crippen LogP contribution in [0.25, 0.3) is 10.9 Å². The number of rotatable bonds is 4. The highest BCUT2D eigenvalue weighted by molar-refractivity contribution is 5.96. The van der Waals surface area contributed by atoms with Crippen LogP contribution in [0.4, 0.5) is 10.1 Å². The largest absolute Gasteiger partial charge is 0.481 e. The average molecular weight is 403 g/mol. The number of methoxy groups -OCH3 is 1. The van der Waals surface area contributed by atoms with Gasteiger partial charge in [-0.25, -0.2) is 9.18 Å². The van der Waals surface area contributed by atoms with Gasteiger partial charge in [-0.15, -0.1) is 0 Å². The van der Waals surface area contributed by atoms with E-state index in [2.05, 4.69) is 13.8 Å². The number of nitrogens with two attached hydrogens (primary N) is 1. The number of hydrogen-bond acceptors (Lipinski definition) is 5. The number of hydrogen-bond donors (Lipinski definition) is 2. The number of aromatic nitrogens is 1. The van der Waals surface area contributed by atoms with E-state index >= 15 is 4.39 Å². The Balaban J connectivity index is 1.96. The van der Waals surface area contributed by atoms with Crippen LogP contribution in [0.2, 0.25) is 0 Å². The summed E-state index contributed by atoms with van der Waals surface area (Å²) in [7, 11) is 1.35. The van der Waals surface area contributed by atoms with Crippen LogP contribution in [0.5, 0.6) is 5.88 Å². The van der Waals surface area contributed by atoms with E-state index in [1.54, 1.807) is 10.6 Å². The van der Waals surface area contributed by atoms with Crippen molar-refractivity contribution < 1.29 is 19.0 Å². The molecule has 0 spiro atoms. The Hall–Kier alpha value is -2.61. The molecule has 7 nitrogen and oxygen atoms in total. The molecular formula is C21H26FN3O4. The van der Waals surface area contributed by atoms with E-state index in [1.165, 1.54) is 13.2 Å². The van der Waals surface area contributed by atoms with Crippen LogP contribution in [0, 0.1) is 11.2 Å². The van der Waals surface area contributed by atoms with Gasteiger partial charge < -0.3 is 25.0 Å². The smallest absolute Gasteiger partial charge is 0.345 e. The minimum absolute atomic E-state index is 0.0241. The van der Waals surface area contributed by atoms with Gasteiger partial charge in [-0.3, -0.25) is 4.79 Å². The molecule has 1 aromatic carbocycles. The Kier molecular flexibility index (Phi) is 4.57. The lowest BCUT2D eigenvalue weighted by molar-refractivity contribution is 0.0690. The number of nitrogens with zero attached hydrogens (tertiary/aromatic N) is 2. The quantitative estimate of drug-likeness (QED) is 0.815. The van der Waals surface area contributed by atoms with E-state index < -0.39 is 22.8 Å². The van der Waals surface area contributed by atoms with Crippen molar-refractivity contribution in [2.75, 3.05) is 25.1 Å². The highest BCUT2D eigenvalue weighted by Crippen LogP contribution is 2.42. The van der Waals surface area contributed by atoms with Crippen molar-refractivity contribution in [3.05, 3.63) is 33.7 Å². The van der Waals surface area contributed by atoms with Crippen LogP contribution < -0.4 is 20.8 Å². The minimum atomic E-state index is -1.38. The predicted octanol–water partition coefficient (Wildman–Crippen LogP) is 2.75. The van der Waals surface area contributed by atoms with Gasteiger partial charge in [0.25, 0.3) is 0 Å². The average Bonchev–Trinajstić information content (AvgIpc) is 3.48. The van der Waals surface area contributed by atoms with Crippen molar-refractivity contribution in [1.29, 1.82) is 0 Å². The summed E-state index contributed by atoms with van der Waals surface area (Å²) in [4.78, 5) is 26.6. The summed E-state index contributed by atoms with van der Waals surface area (Å²) in [6, 6.07) is 2.89. The number of benzene rings is 1. The molecular weight excluding hydrogens is 377 g/mol. The van der Waals surface area contributed by atoms with Crippen LogP contribution in [0.15, 0.2) is 16.9 Å². The molecule has 1 saturated carbocycles. The van der Waals surface area contributed by atoms with Crippen molar-refractivity contribution in [1.82, 2.24) is 4.57 Å². The number of carboxylic acid groups (broad SMARTS) is 1. The zero-order valence-corrected chi connectivity index (χ0v) is 16.9. The molecule has 0 bridgehead atoms. The molecule has 1 atom stereocenters. The second-order valence-corrected chi connectivity index (χ2v) is 8.75. The Labute approximate surface area is 167 Å². The van der Waals surface area contributed by atoms with Crippen LogP contribution in [0.3, 0.4) is 0 Å². The molecule has 2 heterocycles. The minimum Gasteiger partial charge on any atom is -0.481 e. The molecule has 3 N–H and O–H groups in total. The number of piperidine rings is 1. The number of ether oxygens (including phenoxy) is 1. The van der Waals surface area contributed by atoms with E-state index in [1.807, 2.05) is 4.90 Å². The SMILES string of the molecule is COc1c(C(=O)O)c(=O)c2cc(F)c(N3CCC(N)C(C)(C)C3)cc2n1C1CC1. The van der Waals surface area contributed by atoms with Crippen LogP contribution >= 0.6 is 0 Å². The number of carboxylic acids is 1. The maximum absolute atomic E-state index is 15.1. The van der Waals surface area contributed by atoms with E-state index in [0.717, 1.165) is 19.3 Å². The highest BCUT2D eigenvalue weighted by atomic mass is 19.1. The summed E-state index contributed by atoms with van der Waals surface area (Å²) in [6.07, 6.45) is 2.44. The monoisotopic (exact) mass is 403 g/mol. The fourth-order valence-electron chi connectivity index (χ4n) is 4.30. The first-order valence-electron chi connectivity index (χ1n) is 9.85. The third kappa shape index (κ3) is 3.15. The first kappa shape index (κ1) is 19.7. The maximum Gasteiger partial charge on any atom is 0.345 e. The summed E-state index contributed by atoms with van der Waals surface area (Å²) in [5, 5.41) is 9.63. The van der Waals surface area contributed by atoms with Crippen molar-refractivity contribution in [2.24, 2.45) is 11.1 Å². The van der Waals surface area contributed by atoms with Crippen LogP contribution in [-0.2, 0) is 0 Å². The van der Waals surface area contributed by atoms with E-state index in [-0.39, 0.29) is 28.8 Å². The van der Waals surface area contributed by atoms with Gasteiger partial charge in [0.15, 0.2) is 5.56 Å². The number of carbonyl (C=O) groups is 1. The van der Waals surface area contributed by atoms with Crippen molar-refractivity contribution in [2.45, 2.75) is 45.2 Å². The number of pyridine rings is 1. The summed E-state index contributed by atoms with van der Waals surface area (Å²) in [5.41, 5.74) is 5.76. The first-order valence-corrected chi connectivity index (χ1v) is 9.85. The van der Waals surface area contributed by atoms with Crippen LogP contribution in [0.1, 0.15) is 49.5 Å². The van der Waals surface area contributed by atoms with E-state index in [9.17, 15) is 14.7 Å². The molecule has 4 rings (SSSR count). The molecule has 29 heavy (non-hydrogen) atoms. The summed E-state index contributed by atoms with van der Waals surface area (Å²) >= 11 is 0. The summed E-state index contributed by atoms with van der Waals surface area (Å²) in [5.74, 6) is -1.89. The molecule has 2 fully saturated rings. The van der Waals surface area contributed by atoms with Crippen molar-refractivity contribution in [3.8, 4) is 5.88 Å². The lowest BCUT2D eigenvalue weighted by atomic mass is 9.79. The van der Waals surface area contributed by atoms with Gasteiger partial charge in [-0.05, 0) is 36.8 Å². The van der Waals surface area contributed by atoms with Gasteiger partial charge in [-0.1, -0.05) is 13.8 Å². The molecule has 2 aliphatic rings. The standard InChI is InChI=1S/C21H26FN3O4/c1-21(2)10-24(7-6-16(21)23)15-9-14-12(8-13(15)22)18(26)17(20(27)28)19(29-3)25(14)11-4-5-11/h8-9,11,16H,4-7,10,23H2,1-3H3,(H,27,28).